The van der Waals surface area contributed by atoms with E-state index in [2.05, 4.69) is 5.16 Å². The van der Waals surface area contributed by atoms with E-state index in [4.69, 9.17) is 20.9 Å². The smallest absolute Gasteiger partial charge is 0.361 e. The van der Waals surface area contributed by atoms with Crippen LogP contribution in [0.2, 0.25) is 5.02 Å². The molecule has 1 aromatic carbocycles. The highest BCUT2D eigenvalue weighted by molar-refractivity contribution is 7.90. The lowest BCUT2D eigenvalue weighted by Gasteiger charge is -2.07. The van der Waals surface area contributed by atoms with Crippen molar-refractivity contribution in [2.45, 2.75) is 30.6 Å². The summed E-state index contributed by atoms with van der Waals surface area (Å²) in [5.74, 6) is -0.948. The van der Waals surface area contributed by atoms with Crippen molar-refractivity contribution in [2.24, 2.45) is 0 Å². The minimum absolute atomic E-state index is 0.00241. The first-order chi connectivity index (χ1) is 12.2. The van der Waals surface area contributed by atoms with Crippen molar-refractivity contribution in [3.63, 3.8) is 0 Å². The van der Waals surface area contributed by atoms with Gasteiger partial charge in [0.05, 0.1) is 16.5 Å². The fourth-order valence-corrected chi connectivity index (χ4v) is 3.51. The fraction of sp³-hybridized carbons (Fsp3) is 0.353. The lowest BCUT2D eigenvalue weighted by atomic mass is 9.99. The van der Waals surface area contributed by atoms with Crippen molar-refractivity contribution in [1.29, 1.82) is 0 Å². The van der Waals surface area contributed by atoms with Crippen LogP contribution in [0.15, 0.2) is 27.6 Å². The van der Waals surface area contributed by atoms with E-state index in [1.165, 1.54) is 18.2 Å². The van der Waals surface area contributed by atoms with Gasteiger partial charge in [0.15, 0.2) is 15.6 Å². The molecule has 0 N–H and O–H groups in total. The molecule has 0 unspecified atom stereocenters. The third kappa shape index (κ3) is 3.52. The number of ether oxygens (including phenoxy) is 1. The molecule has 7 nitrogen and oxygen atoms in total. The van der Waals surface area contributed by atoms with Gasteiger partial charge in [0.2, 0.25) is 11.5 Å². The van der Waals surface area contributed by atoms with Crippen molar-refractivity contribution in [3.05, 3.63) is 45.8 Å². The topological polar surface area (TPSA) is 104 Å². The molecule has 1 aromatic heterocycles. The summed E-state index contributed by atoms with van der Waals surface area (Å²) in [7, 11) is -3.46. The molecule has 1 heterocycles. The first kappa shape index (κ1) is 18.6. The molecule has 3 rings (SSSR count). The third-order valence-electron chi connectivity index (χ3n) is 3.98. The summed E-state index contributed by atoms with van der Waals surface area (Å²) >= 11 is 6.14. The number of carbonyl (C=O) groups is 2. The molecule has 9 heteroatoms. The lowest BCUT2D eigenvalue weighted by Crippen LogP contribution is -2.13. The van der Waals surface area contributed by atoms with Crippen LogP contribution < -0.4 is 0 Å². The average Bonchev–Trinajstić information content (AvgIpc) is 3.31. The number of benzene rings is 1. The maximum Gasteiger partial charge on any atom is 0.361 e. The van der Waals surface area contributed by atoms with E-state index in [0.717, 1.165) is 19.1 Å². The third-order valence-corrected chi connectivity index (χ3v) is 5.40. The molecular weight excluding hydrogens is 382 g/mol. The van der Waals surface area contributed by atoms with Gasteiger partial charge in [-0.1, -0.05) is 16.8 Å². The van der Waals surface area contributed by atoms with Gasteiger partial charge in [0.1, 0.15) is 5.56 Å². The summed E-state index contributed by atoms with van der Waals surface area (Å²) in [6.45, 7) is 1.77. The monoisotopic (exact) mass is 397 g/mol. The van der Waals surface area contributed by atoms with Crippen LogP contribution in [0.1, 0.15) is 57.9 Å². The number of hydrogen-bond donors (Lipinski definition) is 0. The van der Waals surface area contributed by atoms with Crippen LogP contribution in [-0.4, -0.2) is 38.2 Å². The molecule has 1 aliphatic rings. The standard InChI is InChI=1S/C17H16ClNO6S/c1-3-24-17(21)14-13(16(25-19-14)9-4-5-9)15(20)11-7-6-10(8-12(11)18)26(2,22)23/h6-9H,3-5H2,1-2H3. The minimum Gasteiger partial charge on any atom is -0.461 e. The zero-order valence-electron chi connectivity index (χ0n) is 14.1. The molecule has 0 aliphatic heterocycles. The summed E-state index contributed by atoms with van der Waals surface area (Å²) in [5.41, 5.74) is -0.100. The van der Waals surface area contributed by atoms with E-state index in [1.54, 1.807) is 6.92 Å². The number of sulfone groups is 1. The molecule has 0 bridgehead atoms. The van der Waals surface area contributed by atoms with Crippen molar-refractivity contribution >= 4 is 33.2 Å². The van der Waals surface area contributed by atoms with Crippen molar-refractivity contribution in [3.8, 4) is 0 Å². The van der Waals surface area contributed by atoms with Crippen LogP contribution >= 0.6 is 11.6 Å². The van der Waals surface area contributed by atoms with Crippen molar-refractivity contribution in [2.75, 3.05) is 12.9 Å². The summed E-state index contributed by atoms with van der Waals surface area (Å²) in [5, 5.41) is 3.69. The van der Waals surface area contributed by atoms with Gasteiger partial charge < -0.3 is 9.26 Å². The maximum absolute atomic E-state index is 13.0. The van der Waals surface area contributed by atoms with Crippen LogP contribution in [0.25, 0.3) is 0 Å². The summed E-state index contributed by atoms with van der Waals surface area (Å²) in [6, 6.07) is 3.82. The number of esters is 1. The molecule has 1 aliphatic carbocycles. The highest BCUT2D eigenvalue weighted by Crippen LogP contribution is 2.43. The maximum atomic E-state index is 13.0. The molecule has 0 atom stereocenters. The van der Waals surface area contributed by atoms with Gasteiger partial charge in [-0.2, -0.15) is 0 Å². The molecule has 2 aromatic rings. The summed E-state index contributed by atoms with van der Waals surface area (Å²) in [6.07, 6.45) is 2.71. The van der Waals surface area contributed by atoms with E-state index < -0.39 is 21.6 Å². The van der Waals surface area contributed by atoms with Gasteiger partial charge in [-0.3, -0.25) is 4.79 Å². The van der Waals surface area contributed by atoms with Crippen LogP contribution in [0.5, 0.6) is 0 Å². The minimum atomic E-state index is -3.46. The predicted molar refractivity (Wildman–Crippen MR) is 92.4 cm³/mol. The quantitative estimate of drug-likeness (QED) is 0.545. The summed E-state index contributed by atoms with van der Waals surface area (Å²) < 4.78 is 33.4. The zero-order valence-corrected chi connectivity index (χ0v) is 15.7. The van der Waals surface area contributed by atoms with Gasteiger partial charge in [-0.05, 0) is 38.0 Å². The Morgan fingerprint density at radius 3 is 2.58 bits per heavy atom. The molecule has 0 radical (unpaired) electrons. The molecule has 1 fully saturated rings. The Morgan fingerprint density at radius 1 is 1.35 bits per heavy atom. The Hall–Kier alpha value is -2.19. The lowest BCUT2D eigenvalue weighted by molar-refractivity contribution is 0.0512. The highest BCUT2D eigenvalue weighted by Gasteiger charge is 2.38. The number of carbonyl (C=O) groups excluding carboxylic acids is 2. The predicted octanol–water partition coefficient (Wildman–Crippen LogP) is 3.02. The van der Waals surface area contributed by atoms with E-state index in [9.17, 15) is 18.0 Å². The molecule has 0 saturated heterocycles. The largest absolute Gasteiger partial charge is 0.461 e. The van der Waals surface area contributed by atoms with Gasteiger partial charge in [0.25, 0.3) is 0 Å². The number of aromatic nitrogens is 1. The number of halogens is 1. The van der Waals surface area contributed by atoms with E-state index in [0.29, 0.717) is 5.76 Å². The van der Waals surface area contributed by atoms with Gasteiger partial charge in [-0.25, -0.2) is 13.2 Å². The Morgan fingerprint density at radius 2 is 2.04 bits per heavy atom. The van der Waals surface area contributed by atoms with Crippen molar-refractivity contribution in [1.82, 2.24) is 5.16 Å². The number of ketones is 1. The second kappa shape index (κ2) is 6.85. The number of nitrogens with zero attached hydrogens (tertiary/aromatic N) is 1. The molecule has 138 valence electrons. The second-order valence-electron chi connectivity index (χ2n) is 6.01. The van der Waals surface area contributed by atoms with E-state index in [1.807, 2.05) is 0 Å². The number of hydrogen-bond acceptors (Lipinski definition) is 7. The summed E-state index contributed by atoms with van der Waals surface area (Å²) in [4.78, 5) is 25.1. The molecule has 0 spiro atoms. The Balaban J connectivity index is 2.07. The molecular formula is C17H16ClNO6S. The molecule has 0 amide bonds. The van der Waals surface area contributed by atoms with Gasteiger partial charge >= 0.3 is 5.97 Å². The van der Waals surface area contributed by atoms with Crippen LogP contribution in [0.3, 0.4) is 0 Å². The van der Waals surface area contributed by atoms with E-state index >= 15 is 0 Å². The fourth-order valence-electron chi connectivity index (χ4n) is 2.53. The van der Waals surface area contributed by atoms with Gasteiger partial charge in [-0.15, -0.1) is 0 Å². The Bertz CT molecular complexity index is 991. The van der Waals surface area contributed by atoms with Gasteiger partial charge in [0, 0.05) is 17.7 Å². The first-order valence-electron chi connectivity index (χ1n) is 7.95. The highest BCUT2D eigenvalue weighted by atomic mass is 35.5. The SMILES string of the molecule is CCOC(=O)c1noc(C2CC2)c1C(=O)c1ccc(S(C)(=O)=O)cc1Cl. The van der Waals surface area contributed by atoms with Crippen LogP contribution in [0.4, 0.5) is 0 Å². The second-order valence-corrected chi connectivity index (χ2v) is 8.43. The molecule has 26 heavy (non-hydrogen) atoms. The Kier molecular flexibility index (Phi) is 4.90. The van der Waals surface area contributed by atoms with Crippen LogP contribution in [-0.2, 0) is 14.6 Å². The Labute approximate surface area is 155 Å². The zero-order chi connectivity index (χ0) is 19.1. The normalized spacial score (nSPS) is 14.3. The first-order valence-corrected chi connectivity index (χ1v) is 10.2. The number of rotatable bonds is 6. The van der Waals surface area contributed by atoms with E-state index in [-0.39, 0.29) is 39.3 Å². The van der Waals surface area contributed by atoms with Crippen LogP contribution in [0, 0.1) is 0 Å². The average molecular weight is 398 g/mol. The van der Waals surface area contributed by atoms with Crippen molar-refractivity contribution < 1.29 is 27.3 Å². The molecule has 1 saturated carbocycles.